The summed E-state index contributed by atoms with van der Waals surface area (Å²) in [5.74, 6) is 0.235. The number of hydrogen-bond donors (Lipinski definition) is 4. The van der Waals surface area contributed by atoms with Gasteiger partial charge in [-0.05, 0) is 42.7 Å². The first kappa shape index (κ1) is 29.1. The van der Waals surface area contributed by atoms with E-state index < -0.39 is 17.6 Å². The highest BCUT2D eigenvalue weighted by Gasteiger charge is 2.26. The Morgan fingerprint density at radius 1 is 1.03 bits per heavy atom. The van der Waals surface area contributed by atoms with Gasteiger partial charge in [-0.3, -0.25) is 9.59 Å². The van der Waals surface area contributed by atoms with E-state index in [1.54, 1.807) is 0 Å². The van der Waals surface area contributed by atoms with Crippen molar-refractivity contribution in [3.63, 3.8) is 0 Å². The van der Waals surface area contributed by atoms with Crippen LogP contribution in [-0.2, 0) is 11.2 Å². The molecule has 0 aliphatic carbocycles. The van der Waals surface area contributed by atoms with Gasteiger partial charge in [0, 0.05) is 30.1 Å². The Hall–Kier alpha value is -1.92. The molecule has 0 bridgehead atoms. The number of carbonyl (C=O) groups is 2. The van der Waals surface area contributed by atoms with E-state index in [4.69, 9.17) is 5.73 Å². The summed E-state index contributed by atoms with van der Waals surface area (Å²) in [4.78, 5) is 25.0. The van der Waals surface area contributed by atoms with Crippen molar-refractivity contribution in [3.8, 4) is 0 Å². The number of aliphatic hydroxyl groups excluding tert-OH is 1. The average molecular weight is 462 g/mol. The Morgan fingerprint density at radius 3 is 2.30 bits per heavy atom. The lowest BCUT2D eigenvalue weighted by molar-refractivity contribution is -0.129. The van der Waals surface area contributed by atoms with Crippen molar-refractivity contribution in [2.75, 3.05) is 13.1 Å². The molecule has 0 radical (unpaired) electrons. The van der Waals surface area contributed by atoms with Gasteiger partial charge in [0.1, 0.15) is 0 Å². The fraction of sp³-hybridized carbons (Fsp3) is 0.704. The van der Waals surface area contributed by atoms with Gasteiger partial charge >= 0.3 is 0 Å². The predicted octanol–water partition coefficient (Wildman–Crippen LogP) is 4.05. The van der Waals surface area contributed by atoms with Gasteiger partial charge in [-0.2, -0.15) is 0 Å². The van der Waals surface area contributed by atoms with Crippen LogP contribution in [0.25, 0.3) is 0 Å². The highest BCUT2D eigenvalue weighted by molar-refractivity contribution is 5.95. The van der Waals surface area contributed by atoms with E-state index in [1.165, 1.54) is 19.3 Å². The van der Waals surface area contributed by atoms with E-state index >= 15 is 0 Å². The number of benzene rings is 1. The van der Waals surface area contributed by atoms with Crippen LogP contribution in [0.2, 0.25) is 0 Å². The lowest BCUT2D eigenvalue weighted by Crippen LogP contribution is -2.47. The van der Waals surface area contributed by atoms with Crippen molar-refractivity contribution in [2.24, 2.45) is 23.0 Å². The number of nitrogens with two attached hydrogens (primary N) is 1. The van der Waals surface area contributed by atoms with E-state index in [-0.39, 0.29) is 30.2 Å². The van der Waals surface area contributed by atoms with Gasteiger partial charge in [-0.15, -0.1) is 0 Å². The number of aryl methyl sites for hydroxylation is 1. The average Bonchev–Trinajstić information content (AvgIpc) is 2.76. The summed E-state index contributed by atoms with van der Waals surface area (Å²) in [6.07, 6.45) is 5.31. The summed E-state index contributed by atoms with van der Waals surface area (Å²) in [6.45, 7) is 12.5. The normalized spacial score (nSPS) is 14.6. The Bertz CT molecular complexity index is 728. The molecular weight excluding hydrogens is 414 g/mol. The van der Waals surface area contributed by atoms with Crippen LogP contribution in [0, 0.1) is 17.3 Å². The highest BCUT2D eigenvalue weighted by atomic mass is 16.3. The molecule has 2 amide bonds. The molecule has 0 aromatic heterocycles. The van der Waals surface area contributed by atoms with E-state index in [0.717, 1.165) is 24.0 Å². The maximum Gasteiger partial charge on any atom is 0.251 e. The molecule has 188 valence electrons. The molecule has 0 saturated carbocycles. The van der Waals surface area contributed by atoms with Crippen LogP contribution in [0.1, 0.15) is 89.6 Å². The van der Waals surface area contributed by atoms with Gasteiger partial charge in [0.2, 0.25) is 5.91 Å². The minimum absolute atomic E-state index is 0.0571. The van der Waals surface area contributed by atoms with Gasteiger partial charge in [0.05, 0.1) is 6.10 Å². The summed E-state index contributed by atoms with van der Waals surface area (Å²) >= 11 is 0. The lowest BCUT2D eigenvalue weighted by atomic mass is 9.87. The molecule has 0 aliphatic heterocycles. The molecular formula is C27H47N3O3. The minimum atomic E-state index is -0.836. The van der Waals surface area contributed by atoms with E-state index in [1.807, 2.05) is 45.0 Å². The number of unbranched alkanes of at least 4 members (excludes halogenated alkanes) is 3. The van der Waals surface area contributed by atoms with Crippen LogP contribution in [0.5, 0.6) is 0 Å². The molecule has 3 atom stereocenters. The van der Waals surface area contributed by atoms with E-state index in [2.05, 4.69) is 31.4 Å². The van der Waals surface area contributed by atoms with Crippen LogP contribution in [0.15, 0.2) is 24.3 Å². The third-order valence-corrected chi connectivity index (χ3v) is 6.25. The van der Waals surface area contributed by atoms with Gasteiger partial charge in [0.25, 0.3) is 5.91 Å². The fourth-order valence-corrected chi connectivity index (χ4v) is 3.73. The van der Waals surface area contributed by atoms with Crippen molar-refractivity contribution in [1.29, 1.82) is 0 Å². The van der Waals surface area contributed by atoms with Gasteiger partial charge in [-0.1, -0.05) is 79.0 Å². The first-order valence-electron chi connectivity index (χ1n) is 12.5. The van der Waals surface area contributed by atoms with Gasteiger partial charge < -0.3 is 21.5 Å². The van der Waals surface area contributed by atoms with Gasteiger partial charge in [-0.25, -0.2) is 0 Å². The van der Waals surface area contributed by atoms with Crippen LogP contribution < -0.4 is 16.4 Å². The summed E-state index contributed by atoms with van der Waals surface area (Å²) in [5.41, 5.74) is 7.58. The Balaban J connectivity index is 2.64. The molecule has 0 aliphatic rings. The Morgan fingerprint density at radius 2 is 1.70 bits per heavy atom. The van der Waals surface area contributed by atoms with E-state index in [9.17, 15) is 14.7 Å². The van der Waals surface area contributed by atoms with E-state index in [0.29, 0.717) is 13.0 Å². The largest absolute Gasteiger partial charge is 0.390 e. The fourth-order valence-electron chi connectivity index (χ4n) is 3.73. The molecule has 0 unspecified atom stereocenters. The van der Waals surface area contributed by atoms with Crippen molar-refractivity contribution < 1.29 is 14.7 Å². The smallest absolute Gasteiger partial charge is 0.251 e. The van der Waals surface area contributed by atoms with Crippen LogP contribution >= 0.6 is 0 Å². The first-order valence-corrected chi connectivity index (χ1v) is 12.5. The van der Waals surface area contributed by atoms with Crippen molar-refractivity contribution in [3.05, 3.63) is 35.4 Å². The second kappa shape index (κ2) is 14.4. The monoisotopic (exact) mass is 461 g/mol. The minimum Gasteiger partial charge on any atom is -0.390 e. The van der Waals surface area contributed by atoms with Crippen molar-refractivity contribution >= 4 is 11.8 Å². The Labute approximate surface area is 201 Å². The SMILES string of the molecule is CCCCCCc1ccccc1C(=O)NC[C@@H](C[C@H](N)[C@@H](O)CNC(=O)C(C)(C)C)C(C)C. The van der Waals surface area contributed by atoms with Crippen molar-refractivity contribution in [1.82, 2.24) is 10.6 Å². The number of aliphatic hydroxyl groups is 1. The molecule has 1 rings (SSSR count). The molecule has 6 heteroatoms. The third kappa shape index (κ3) is 10.7. The molecule has 0 saturated heterocycles. The van der Waals surface area contributed by atoms with Gasteiger partial charge in [0.15, 0.2) is 0 Å². The third-order valence-electron chi connectivity index (χ3n) is 6.25. The summed E-state index contributed by atoms with van der Waals surface area (Å²) in [5, 5.41) is 16.3. The second-order valence-electron chi connectivity index (χ2n) is 10.6. The molecule has 1 aromatic rings. The lowest BCUT2D eigenvalue weighted by Gasteiger charge is -2.28. The summed E-state index contributed by atoms with van der Waals surface area (Å²) in [6, 6.07) is 7.34. The molecule has 1 aromatic carbocycles. The number of hydrogen-bond acceptors (Lipinski definition) is 4. The predicted molar refractivity (Wildman–Crippen MR) is 136 cm³/mol. The molecule has 0 fully saturated rings. The molecule has 0 spiro atoms. The van der Waals surface area contributed by atoms with Crippen LogP contribution in [0.3, 0.4) is 0 Å². The summed E-state index contributed by atoms with van der Waals surface area (Å²) in [7, 11) is 0. The quantitative estimate of drug-likeness (QED) is 0.314. The maximum absolute atomic E-state index is 12.9. The standard InChI is InChI=1S/C27H47N3O3/c1-7-8-9-10-13-20-14-11-12-15-22(20)25(32)29-17-21(19(2)3)16-23(28)24(31)18-30-26(33)27(4,5)6/h11-12,14-15,19,21,23-24,31H,7-10,13,16-18,28H2,1-6H3,(H,29,32)(H,30,33)/t21-,23+,24+/m1/s1. The number of rotatable bonds is 14. The van der Waals surface area contributed by atoms with Crippen LogP contribution in [-0.4, -0.2) is 42.2 Å². The van der Waals surface area contributed by atoms with Crippen LogP contribution in [0.4, 0.5) is 0 Å². The maximum atomic E-state index is 12.9. The number of carbonyl (C=O) groups excluding carboxylic acids is 2. The first-order chi connectivity index (χ1) is 15.5. The molecule has 33 heavy (non-hydrogen) atoms. The zero-order valence-electron chi connectivity index (χ0n) is 21.6. The molecule has 5 N–H and O–H groups in total. The number of amides is 2. The van der Waals surface area contributed by atoms with Crippen molar-refractivity contribution in [2.45, 2.75) is 92.2 Å². The second-order valence-corrected chi connectivity index (χ2v) is 10.6. The zero-order valence-corrected chi connectivity index (χ0v) is 21.6. The molecule has 0 heterocycles. The zero-order chi connectivity index (χ0) is 25.0. The number of nitrogens with one attached hydrogen (secondary N) is 2. The highest BCUT2D eigenvalue weighted by Crippen LogP contribution is 2.19. The Kier molecular flexibility index (Phi) is 12.7. The molecule has 6 nitrogen and oxygen atoms in total. The topological polar surface area (TPSA) is 104 Å². The summed E-state index contributed by atoms with van der Waals surface area (Å²) < 4.78 is 0.